The third-order valence-corrected chi connectivity index (χ3v) is 4.77. The summed E-state index contributed by atoms with van der Waals surface area (Å²) in [5.74, 6) is -0.118. The predicted molar refractivity (Wildman–Crippen MR) is 100 cm³/mol. The Morgan fingerprint density at radius 1 is 1.24 bits per heavy atom. The Labute approximate surface area is 150 Å². The Hall–Kier alpha value is -2.08. The van der Waals surface area contributed by atoms with E-state index >= 15 is 0 Å². The van der Waals surface area contributed by atoms with Gasteiger partial charge in [-0.05, 0) is 69.4 Å². The van der Waals surface area contributed by atoms with Gasteiger partial charge >= 0.3 is 6.03 Å². The normalized spacial score (nSPS) is 15.7. The molecule has 6 heteroatoms. The van der Waals surface area contributed by atoms with E-state index in [-0.39, 0.29) is 17.9 Å². The van der Waals surface area contributed by atoms with E-state index in [4.69, 9.17) is 5.73 Å². The maximum Gasteiger partial charge on any atom is 0.319 e. The van der Waals surface area contributed by atoms with Gasteiger partial charge in [-0.2, -0.15) is 0 Å². The molecule has 1 aromatic rings. The fourth-order valence-electron chi connectivity index (χ4n) is 3.15. The maximum absolute atomic E-state index is 11.9. The number of urea groups is 1. The van der Waals surface area contributed by atoms with Crippen molar-refractivity contribution in [2.24, 2.45) is 11.7 Å². The highest BCUT2D eigenvalue weighted by molar-refractivity contribution is 5.89. The van der Waals surface area contributed by atoms with E-state index in [1.807, 2.05) is 18.2 Å². The fraction of sp³-hybridized carbons (Fsp3) is 0.579. The molecule has 1 heterocycles. The third-order valence-electron chi connectivity index (χ3n) is 4.77. The Morgan fingerprint density at radius 3 is 2.68 bits per heavy atom. The first kappa shape index (κ1) is 19.2. The van der Waals surface area contributed by atoms with Gasteiger partial charge in [-0.1, -0.05) is 19.1 Å². The van der Waals surface area contributed by atoms with Crippen molar-refractivity contribution in [2.45, 2.75) is 39.0 Å². The molecule has 0 unspecified atom stereocenters. The van der Waals surface area contributed by atoms with Crippen LogP contribution >= 0.6 is 0 Å². The van der Waals surface area contributed by atoms with Crippen LogP contribution in [0.4, 0.5) is 10.5 Å². The summed E-state index contributed by atoms with van der Waals surface area (Å²) in [4.78, 5) is 25.4. The molecule has 0 radical (unpaired) electrons. The molecule has 1 saturated heterocycles. The smallest absolute Gasteiger partial charge is 0.319 e. The molecule has 0 aliphatic carbocycles. The lowest BCUT2D eigenvalue weighted by molar-refractivity contribution is -0.123. The number of nitrogens with one attached hydrogen (secondary N) is 2. The van der Waals surface area contributed by atoms with Gasteiger partial charge in [0.05, 0.1) is 0 Å². The van der Waals surface area contributed by atoms with E-state index in [1.54, 1.807) is 0 Å². The predicted octanol–water partition coefficient (Wildman–Crippen LogP) is 2.35. The van der Waals surface area contributed by atoms with Gasteiger partial charge in [0.15, 0.2) is 0 Å². The number of anilines is 1. The zero-order valence-electron chi connectivity index (χ0n) is 15.1. The van der Waals surface area contributed by atoms with E-state index in [1.165, 1.54) is 5.56 Å². The molecular formula is C19H30N4O2. The highest BCUT2D eigenvalue weighted by atomic mass is 16.2. The van der Waals surface area contributed by atoms with Gasteiger partial charge in [-0.25, -0.2) is 4.79 Å². The molecule has 0 spiro atoms. The van der Waals surface area contributed by atoms with Crippen molar-refractivity contribution in [3.63, 3.8) is 0 Å². The molecule has 1 aromatic carbocycles. The second kappa shape index (κ2) is 10.0. The van der Waals surface area contributed by atoms with Crippen LogP contribution in [0.15, 0.2) is 24.3 Å². The number of hydrogen-bond donors (Lipinski definition) is 3. The quantitative estimate of drug-likeness (QED) is 0.631. The lowest BCUT2D eigenvalue weighted by atomic mass is 9.96. The molecule has 4 N–H and O–H groups in total. The molecule has 0 bridgehead atoms. The monoisotopic (exact) mass is 346 g/mol. The van der Waals surface area contributed by atoms with Crippen molar-refractivity contribution in [2.75, 3.05) is 31.5 Å². The number of piperidine rings is 1. The Kier molecular flexibility index (Phi) is 7.73. The van der Waals surface area contributed by atoms with Crippen LogP contribution in [0.25, 0.3) is 0 Å². The van der Waals surface area contributed by atoms with Crippen LogP contribution in [-0.2, 0) is 11.2 Å². The summed E-state index contributed by atoms with van der Waals surface area (Å²) in [6, 6.07) is 7.74. The summed E-state index contributed by atoms with van der Waals surface area (Å²) in [7, 11) is 0. The van der Waals surface area contributed by atoms with E-state index in [2.05, 4.69) is 28.5 Å². The number of primary amides is 1. The molecule has 1 aliphatic rings. The number of amides is 3. The van der Waals surface area contributed by atoms with Gasteiger partial charge in [0.1, 0.15) is 0 Å². The highest BCUT2D eigenvalue weighted by Gasteiger charge is 2.22. The number of hydrogen-bond acceptors (Lipinski definition) is 3. The first-order chi connectivity index (χ1) is 12.1. The van der Waals surface area contributed by atoms with Crippen LogP contribution in [0.1, 0.15) is 38.2 Å². The van der Waals surface area contributed by atoms with Gasteiger partial charge < -0.3 is 21.3 Å². The first-order valence-corrected chi connectivity index (χ1v) is 9.24. The average molecular weight is 346 g/mol. The number of nitrogens with zero attached hydrogens (tertiary/aromatic N) is 1. The maximum atomic E-state index is 11.9. The first-order valence-electron chi connectivity index (χ1n) is 9.24. The van der Waals surface area contributed by atoms with E-state index in [9.17, 15) is 9.59 Å². The molecule has 2 rings (SSSR count). The minimum atomic E-state index is -0.167. The van der Waals surface area contributed by atoms with Crippen LogP contribution in [0.3, 0.4) is 0 Å². The van der Waals surface area contributed by atoms with Crippen LogP contribution in [0.2, 0.25) is 0 Å². The number of likely N-dealkylation sites (tertiary alicyclic amines) is 1. The number of aryl methyl sites for hydroxylation is 1. The van der Waals surface area contributed by atoms with Gasteiger partial charge in [0.2, 0.25) is 5.91 Å². The van der Waals surface area contributed by atoms with Crippen molar-refractivity contribution in [3.8, 4) is 0 Å². The van der Waals surface area contributed by atoms with Crippen molar-refractivity contribution in [1.29, 1.82) is 0 Å². The van der Waals surface area contributed by atoms with Crippen LogP contribution < -0.4 is 16.4 Å². The van der Waals surface area contributed by atoms with Crippen molar-refractivity contribution in [3.05, 3.63) is 29.8 Å². The van der Waals surface area contributed by atoms with Gasteiger partial charge in [-0.3, -0.25) is 4.79 Å². The number of carbonyl (C=O) groups is 2. The summed E-state index contributed by atoms with van der Waals surface area (Å²) in [6.07, 6.45) is 4.67. The van der Waals surface area contributed by atoms with E-state index in [0.29, 0.717) is 6.54 Å². The lowest BCUT2D eigenvalue weighted by Gasteiger charge is -2.30. The molecule has 0 aromatic heterocycles. The second-order valence-electron chi connectivity index (χ2n) is 6.66. The molecule has 3 amide bonds. The largest absolute Gasteiger partial charge is 0.369 e. The number of carbonyl (C=O) groups excluding carboxylic acids is 2. The number of rotatable bonds is 8. The minimum absolute atomic E-state index is 0.0489. The average Bonchev–Trinajstić information content (AvgIpc) is 2.62. The fourth-order valence-corrected chi connectivity index (χ4v) is 3.15. The molecule has 25 heavy (non-hydrogen) atoms. The van der Waals surface area contributed by atoms with Gasteiger partial charge in [0, 0.05) is 18.2 Å². The Bertz CT molecular complexity index is 568. The summed E-state index contributed by atoms with van der Waals surface area (Å²) in [5.41, 5.74) is 7.38. The van der Waals surface area contributed by atoms with Crippen LogP contribution in [0, 0.1) is 5.92 Å². The van der Waals surface area contributed by atoms with Crippen LogP contribution in [0.5, 0.6) is 0 Å². The van der Waals surface area contributed by atoms with E-state index < -0.39 is 0 Å². The van der Waals surface area contributed by atoms with Gasteiger partial charge in [-0.15, -0.1) is 0 Å². The minimum Gasteiger partial charge on any atom is -0.369 e. The van der Waals surface area contributed by atoms with Crippen molar-refractivity contribution in [1.82, 2.24) is 10.2 Å². The molecule has 1 fully saturated rings. The van der Waals surface area contributed by atoms with E-state index in [0.717, 1.165) is 57.4 Å². The lowest BCUT2D eigenvalue weighted by Crippen LogP contribution is -2.39. The zero-order chi connectivity index (χ0) is 18.1. The molecular weight excluding hydrogens is 316 g/mol. The molecule has 1 aliphatic heterocycles. The highest BCUT2D eigenvalue weighted by Crippen LogP contribution is 2.16. The molecule has 6 nitrogen and oxygen atoms in total. The summed E-state index contributed by atoms with van der Waals surface area (Å²) in [5, 5.41) is 5.77. The number of benzene rings is 1. The van der Waals surface area contributed by atoms with Crippen molar-refractivity contribution >= 4 is 17.6 Å². The number of unbranched alkanes of at least 4 members (excludes halogenated alkanes) is 1. The molecule has 0 saturated carbocycles. The van der Waals surface area contributed by atoms with Gasteiger partial charge in [0.25, 0.3) is 0 Å². The third kappa shape index (κ3) is 6.74. The molecule has 0 atom stereocenters. The van der Waals surface area contributed by atoms with Crippen molar-refractivity contribution < 1.29 is 9.59 Å². The zero-order valence-corrected chi connectivity index (χ0v) is 15.1. The standard InChI is InChI=1S/C19H30N4O2/c1-2-15-6-5-7-17(14-15)22-19(25)21-10-3-4-11-23-12-8-16(9-13-23)18(20)24/h5-7,14,16H,2-4,8-13H2,1H3,(H2,20,24)(H2,21,22,25). The summed E-state index contributed by atoms with van der Waals surface area (Å²) >= 11 is 0. The topological polar surface area (TPSA) is 87.5 Å². The molecule has 138 valence electrons. The Morgan fingerprint density at radius 2 is 2.00 bits per heavy atom. The van der Waals surface area contributed by atoms with Crippen LogP contribution in [-0.4, -0.2) is 43.0 Å². The summed E-state index contributed by atoms with van der Waals surface area (Å²) in [6.45, 7) is 5.64. The Balaban J connectivity index is 1.55. The SMILES string of the molecule is CCc1cccc(NC(=O)NCCCCN2CCC(C(N)=O)CC2)c1. The second-order valence-corrected chi connectivity index (χ2v) is 6.66. The number of nitrogens with two attached hydrogens (primary N) is 1. The summed E-state index contributed by atoms with van der Waals surface area (Å²) < 4.78 is 0.